The summed E-state index contributed by atoms with van der Waals surface area (Å²) in [4.78, 5) is 44.2. The number of rotatable bonds is 4. The number of fused-ring (bicyclic) bond motifs is 2. The van der Waals surface area contributed by atoms with Gasteiger partial charge in [-0.25, -0.2) is 4.98 Å². The number of anilines is 1. The molecule has 4 aromatic rings. The maximum atomic E-state index is 13.0. The number of nitrogens with zero attached hydrogens (tertiary/aromatic N) is 2. The first-order chi connectivity index (χ1) is 15.0. The van der Waals surface area contributed by atoms with Crippen LogP contribution >= 0.6 is 11.3 Å². The van der Waals surface area contributed by atoms with E-state index in [9.17, 15) is 14.4 Å². The summed E-state index contributed by atoms with van der Waals surface area (Å²) in [6, 6.07) is 15.9. The van der Waals surface area contributed by atoms with Crippen LogP contribution in [0.15, 0.2) is 59.4 Å². The van der Waals surface area contributed by atoms with Gasteiger partial charge in [0.1, 0.15) is 10.7 Å². The van der Waals surface area contributed by atoms with E-state index >= 15 is 0 Å². The van der Waals surface area contributed by atoms with Crippen molar-refractivity contribution in [3.8, 4) is 0 Å². The van der Waals surface area contributed by atoms with E-state index in [0.717, 1.165) is 18.7 Å². The lowest BCUT2D eigenvalue weighted by Gasteiger charge is -2.07. The molecule has 154 valence electrons. The molecule has 0 spiro atoms. The molecule has 3 heterocycles. The highest BCUT2D eigenvalue weighted by atomic mass is 32.1. The molecule has 0 radical (unpaired) electrons. The normalized spacial score (nSPS) is 12.7. The molecule has 0 unspecified atom stereocenters. The monoisotopic (exact) mass is 429 g/mol. The number of aryl methyl sites for hydroxylation is 2. The number of hydrogen-bond donors (Lipinski definition) is 1. The summed E-state index contributed by atoms with van der Waals surface area (Å²) in [6.45, 7) is 2.46. The first kappa shape index (κ1) is 19.4. The van der Waals surface area contributed by atoms with Crippen molar-refractivity contribution in [1.29, 1.82) is 0 Å². The molecule has 0 atom stereocenters. The Morgan fingerprint density at radius 1 is 1.06 bits per heavy atom. The fraction of sp³-hybridized carbons (Fsp3) is 0.167. The average Bonchev–Trinajstić information content (AvgIpc) is 3.39. The third-order valence-electron chi connectivity index (χ3n) is 5.54. The number of carbonyl (C=O) groups excluding carboxylic acids is 2. The Bertz CT molecular complexity index is 1400. The molecule has 2 aromatic carbocycles. The third kappa shape index (κ3) is 3.37. The van der Waals surface area contributed by atoms with Crippen molar-refractivity contribution in [2.45, 2.75) is 26.3 Å². The number of nitrogens with one attached hydrogen (secondary N) is 1. The van der Waals surface area contributed by atoms with Crippen LogP contribution < -0.4 is 10.9 Å². The van der Waals surface area contributed by atoms with Gasteiger partial charge in [-0.05, 0) is 31.0 Å². The number of aromatic nitrogens is 2. The van der Waals surface area contributed by atoms with Gasteiger partial charge < -0.3 is 5.32 Å². The number of ketones is 1. The van der Waals surface area contributed by atoms with E-state index in [4.69, 9.17) is 0 Å². The molecule has 1 N–H and O–H groups in total. The van der Waals surface area contributed by atoms with Crippen LogP contribution in [0.1, 0.15) is 43.4 Å². The van der Waals surface area contributed by atoms with Crippen LogP contribution in [0.4, 0.5) is 5.69 Å². The highest BCUT2D eigenvalue weighted by molar-refractivity contribution is 7.20. The smallest absolute Gasteiger partial charge is 0.266 e. The fourth-order valence-corrected chi connectivity index (χ4v) is 5.06. The molecular weight excluding hydrogens is 410 g/mol. The van der Waals surface area contributed by atoms with Crippen molar-refractivity contribution < 1.29 is 9.59 Å². The second-order valence-electron chi connectivity index (χ2n) is 7.55. The van der Waals surface area contributed by atoms with Crippen molar-refractivity contribution in [2.75, 3.05) is 5.32 Å². The number of amides is 1. The summed E-state index contributed by atoms with van der Waals surface area (Å²) >= 11 is 1.24. The van der Waals surface area contributed by atoms with Gasteiger partial charge in [0, 0.05) is 29.8 Å². The standard InChI is InChI=1S/C24H19N3O3S/c1-14-19-23(26-18-11-6-12-27(18)24(19)30)31-21(14)22(29)25-17-10-5-9-16(13-17)20(28)15-7-3-2-4-8-15/h2-5,7-10,13H,6,11-12H2,1H3,(H,25,29). The predicted molar refractivity (Wildman–Crippen MR) is 121 cm³/mol. The Balaban J connectivity index is 1.45. The summed E-state index contributed by atoms with van der Waals surface area (Å²) in [5, 5.41) is 3.39. The summed E-state index contributed by atoms with van der Waals surface area (Å²) in [7, 11) is 0. The molecule has 2 aromatic heterocycles. The van der Waals surface area contributed by atoms with Gasteiger partial charge in [-0.1, -0.05) is 42.5 Å². The summed E-state index contributed by atoms with van der Waals surface area (Å²) in [5.74, 6) is 0.369. The maximum Gasteiger partial charge on any atom is 0.266 e. The highest BCUT2D eigenvalue weighted by Gasteiger charge is 2.23. The Morgan fingerprint density at radius 3 is 2.65 bits per heavy atom. The largest absolute Gasteiger partial charge is 0.321 e. The average molecular weight is 430 g/mol. The van der Waals surface area contributed by atoms with E-state index in [-0.39, 0.29) is 17.2 Å². The van der Waals surface area contributed by atoms with E-state index in [1.807, 2.05) is 18.2 Å². The van der Waals surface area contributed by atoms with Crippen molar-refractivity contribution in [1.82, 2.24) is 9.55 Å². The molecule has 0 aliphatic carbocycles. The van der Waals surface area contributed by atoms with Gasteiger partial charge >= 0.3 is 0 Å². The molecule has 0 saturated heterocycles. The lowest BCUT2D eigenvalue weighted by atomic mass is 10.0. The predicted octanol–water partition coefficient (Wildman–Crippen LogP) is 4.20. The van der Waals surface area contributed by atoms with Gasteiger partial charge in [-0.15, -0.1) is 11.3 Å². The summed E-state index contributed by atoms with van der Waals surface area (Å²) < 4.78 is 1.71. The summed E-state index contributed by atoms with van der Waals surface area (Å²) in [5.41, 5.74) is 2.18. The first-order valence-corrected chi connectivity index (χ1v) is 10.9. The molecule has 1 aliphatic heterocycles. The first-order valence-electron chi connectivity index (χ1n) is 10.1. The number of carbonyl (C=O) groups is 2. The third-order valence-corrected chi connectivity index (χ3v) is 6.72. The van der Waals surface area contributed by atoms with Crippen LogP contribution in [0.25, 0.3) is 10.2 Å². The number of hydrogen-bond acceptors (Lipinski definition) is 5. The Hall–Kier alpha value is -3.58. The second kappa shape index (κ2) is 7.59. The van der Waals surface area contributed by atoms with E-state index in [1.54, 1.807) is 47.9 Å². The summed E-state index contributed by atoms with van der Waals surface area (Å²) in [6.07, 6.45) is 1.70. The molecule has 5 rings (SSSR count). The molecule has 6 nitrogen and oxygen atoms in total. The molecule has 0 saturated carbocycles. The SMILES string of the molecule is Cc1c(C(=O)Nc2cccc(C(=O)c3ccccc3)c2)sc2nc3n(c(=O)c12)CCC3. The van der Waals surface area contributed by atoms with E-state index in [0.29, 0.717) is 44.0 Å². The molecular formula is C24H19N3O3S. The van der Waals surface area contributed by atoms with Gasteiger partial charge in [0.2, 0.25) is 0 Å². The van der Waals surface area contributed by atoms with Crippen LogP contribution in [0.3, 0.4) is 0 Å². The second-order valence-corrected chi connectivity index (χ2v) is 8.55. The van der Waals surface area contributed by atoms with Crippen molar-refractivity contribution in [3.05, 3.63) is 92.3 Å². The Labute approximate surface area is 182 Å². The van der Waals surface area contributed by atoms with E-state index < -0.39 is 0 Å². The minimum atomic E-state index is -0.311. The lowest BCUT2D eigenvalue weighted by molar-refractivity contribution is 0.102. The Kier molecular flexibility index (Phi) is 4.75. The maximum absolute atomic E-state index is 13.0. The van der Waals surface area contributed by atoms with Crippen molar-refractivity contribution in [3.63, 3.8) is 0 Å². The fourth-order valence-electron chi connectivity index (χ4n) is 3.97. The zero-order valence-electron chi connectivity index (χ0n) is 16.8. The van der Waals surface area contributed by atoms with Crippen molar-refractivity contribution in [2.24, 2.45) is 0 Å². The zero-order valence-corrected chi connectivity index (χ0v) is 17.7. The Morgan fingerprint density at radius 2 is 1.84 bits per heavy atom. The van der Waals surface area contributed by atoms with Crippen molar-refractivity contribution >= 4 is 38.9 Å². The van der Waals surface area contributed by atoms with Gasteiger partial charge in [-0.3, -0.25) is 19.0 Å². The van der Waals surface area contributed by atoms with Crippen LogP contribution in [0.5, 0.6) is 0 Å². The number of benzene rings is 2. The molecule has 1 amide bonds. The van der Waals surface area contributed by atoms with Crippen LogP contribution in [-0.4, -0.2) is 21.2 Å². The topological polar surface area (TPSA) is 81.1 Å². The van der Waals surface area contributed by atoms with E-state index in [1.165, 1.54) is 11.3 Å². The minimum absolute atomic E-state index is 0.0687. The molecule has 0 fully saturated rings. The van der Waals surface area contributed by atoms with Gasteiger partial charge in [0.15, 0.2) is 5.78 Å². The molecule has 31 heavy (non-hydrogen) atoms. The quantitative estimate of drug-likeness (QED) is 0.493. The van der Waals surface area contributed by atoms with Crippen LogP contribution in [0, 0.1) is 6.92 Å². The molecule has 7 heteroatoms. The van der Waals surface area contributed by atoms with Gasteiger partial charge in [0.05, 0.1) is 10.3 Å². The van der Waals surface area contributed by atoms with E-state index in [2.05, 4.69) is 10.3 Å². The van der Waals surface area contributed by atoms with Crippen LogP contribution in [0.2, 0.25) is 0 Å². The zero-order chi connectivity index (χ0) is 21.5. The van der Waals surface area contributed by atoms with Gasteiger partial charge in [-0.2, -0.15) is 0 Å². The lowest BCUT2D eigenvalue weighted by Crippen LogP contribution is -2.20. The highest BCUT2D eigenvalue weighted by Crippen LogP contribution is 2.29. The number of thiophene rings is 1. The molecule has 0 bridgehead atoms. The molecule has 1 aliphatic rings. The van der Waals surface area contributed by atoms with Gasteiger partial charge in [0.25, 0.3) is 11.5 Å². The van der Waals surface area contributed by atoms with Crippen LogP contribution in [-0.2, 0) is 13.0 Å². The minimum Gasteiger partial charge on any atom is -0.321 e.